The highest BCUT2D eigenvalue weighted by molar-refractivity contribution is 5.89. The Balaban J connectivity index is 1.65. The molecule has 1 aromatic heterocycles. The molecule has 3 rings (SSSR count). The predicted molar refractivity (Wildman–Crippen MR) is 83.4 cm³/mol. The van der Waals surface area contributed by atoms with E-state index in [1.165, 1.54) is 5.57 Å². The number of carbonyl (C=O) groups excluding carboxylic acids is 1. The minimum atomic E-state index is -0.0786. The lowest BCUT2D eigenvalue weighted by Gasteiger charge is -2.25. The van der Waals surface area contributed by atoms with Crippen LogP contribution < -0.4 is 5.32 Å². The van der Waals surface area contributed by atoms with Crippen LogP contribution in [0, 0.1) is 6.92 Å². The van der Waals surface area contributed by atoms with E-state index in [0.29, 0.717) is 18.3 Å². The van der Waals surface area contributed by atoms with Gasteiger partial charge in [-0.05, 0) is 37.6 Å². The number of rotatable bonds is 2. The molecule has 0 fully saturated rings. The van der Waals surface area contributed by atoms with Crippen molar-refractivity contribution in [3.05, 3.63) is 41.8 Å². The van der Waals surface area contributed by atoms with E-state index in [1.807, 2.05) is 24.3 Å². The summed E-state index contributed by atoms with van der Waals surface area (Å²) in [6.45, 7) is 5.26. The van der Waals surface area contributed by atoms with Gasteiger partial charge in [0.1, 0.15) is 0 Å². The summed E-state index contributed by atoms with van der Waals surface area (Å²) in [4.78, 5) is 14.0. The minimum Gasteiger partial charge on any atom is -0.421 e. The van der Waals surface area contributed by atoms with E-state index in [4.69, 9.17) is 4.42 Å². The maximum absolute atomic E-state index is 12.2. The molecule has 2 amide bonds. The first-order valence-corrected chi connectivity index (χ1v) is 7.24. The van der Waals surface area contributed by atoms with E-state index in [9.17, 15) is 4.79 Å². The van der Waals surface area contributed by atoms with Crippen molar-refractivity contribution < 1.29 is 9.21 Å². The van der Waals surface area contributed by atoms with Crippen LogP contribution >= 0.6 is 0 Å². The molecule has 0 radical (unpaired) electrons. The number of nitrogens with one attached hydrogen (secondary N) is 1. The number of aromatic nitrogens is 2. The first kappa shape index (κ1) is 14.3. The zero-order valence-electron chi connectivity index (χ0n) is 12.7. The lowest BCUT2D eigenvalue weighted by Crippen LogP contribution is -2.37. The number of hydrogen-bond donors (Lipinski definition) is 1. The maximum atomic E-state index is 12.2. The molecule has 0 spiro atoms. The van der Waals surface area contributed by atoms with E-state index in [0.717, 1.165) is 24.2 Å². The number of aryl methyl sites for hydroxylation is 1. The molecular formula is C16H18N4O2. The van der Waals surface area contributed by atoms with E-state index >= 15 is 0 Å². The molecule has 6 heteroatoms. The number of carbonyl (C=O) groups is 1. The fourth-order valence-corrected chi connectivity index (χ4v) is 2.27. The highest BCUT2D eigenvalue weighted by atomic mass is 16.4. The average molecular weight is 298 g/mol. The van der Waals surface area contributed by atoms with Gasteiger partial charge in [-0.25, -0.2) is 4.79 Å². The molecule has 0 unspecified atom stereocenters. The van der Waals surface area contributed by atoms with Crippen LogP contribution in [-0.4, -0.2) is 34.2 Å². The fourth-order valence-electron chi connectivity index (χ4n) is 2.27. The Morgan fingerprint density at radius 3 is 2.59 bits per heavy atom. The average Bonchev–Trinajstić information content (AvgIpc) is 2.95. The van der Waals surface area contributed by atoms with Gasteiger partial charge >= 0.3 is 6.03 Å². The second-order valence-corrected chi connectivity index (χ2v) is 5.38. The van der Waals surface area contributed by atoms with Crippen molar-refractivity contribution in [2.75, 3.05) is 18.4 Å². The number of benzene rings is 1. The molecule has 22 heavy (non-hydrogen) atoms. The third-order valence-electron chi connectivity index (χ3n) is 3.63. The number of hydrogen-bond acceptors (Lipinski definition) is 4. The molecule has 0 bridgehead atoms. The Kier molecular flexibility index (Phi) is 3.91. The van der Waals surface area contributed by atoms with Crippen LogP contribution in [0.25, 0.3) is 11.5 Å². The molecule has 0 saturated heterocycles. The van der Waals surface area contributed by atoms with Crippen molar-refractivity contribution in [2.45, 2.75) is 20.3 Å². The van der Waals surface area contributed by atoms with Gasteiger partial charge in [0.15, 0.2) is 0 Å². The Labute approximate surface area is 128 Å². The largest absolute Gasteiger partial charge is 0.421 e. The normalized spacial score (nSPS) is 14.6. The molecule has 2 heterocycles. The van der Waals surface area contributed by atoms with Gasteiger partial charge in [0.2, 0.25) is 11.8 Å². The van der Waals surface area contributed by atoms with Crippen LogP contribution in [0.4, 0.5) is 10.5 Å². The predicted octanol–water partition coefficient (Wildman–Crippen LogP) is 3.23. The molecule has 0 atom stereocenters. The second kappa shape index (κ2) is 6.01. The zero-order valence-corrected chi connectivity index (χ0v) is 12.7. The molecule has 2 aromatic rings. The lowest BCUT2D eigenvalue weighted by molar-refractivity contribution is 0.215. The summed E-state index contributed by atoms with van der Waals surface area (Å²) in [5, 5.41) is 10.7. The van der Waals surface area contributed by atoms with E-state index < -0.39 is 0 Å². The van der Waals surface area contributed by atoms with Crippen LogP contribution in [0.15, 0.2) is 40.3 Å². The van der Waals surface area contributed by atoms with E-state index in [1.54, 1.807) is 11.8 Å². The SMILES string of the molecule is CC1=CCN(C(=O)Nc2ccc(-c3nnc(C)o3)cc2)CC1. The first-order chi connectivity index (χ1) is 10.6. The van der Waals surface area contributed by atoms with Gasteiger partial charge in [-0.15, -0.1) is 10.2 Å². The molecular weight excluding hydrogens is 280 g/mol. The van der Waals surface area contributed by atoms with Gasteiger partial charge in [-0.2, -0.15) is 0 Å². The van der Waals surface area contributed by atoms with E-state index in [2.05, 4.69) is 28.5 Å². The Hall–Kier alpha value is -2.63. The molecule has 0 aliphatic carbocycles. The quantitative estimate of drug-likeness (QED) is 0.864. The van der Waals surface area contributed by atoms with Gasteiger partial charge in [-0.1, -0.05) is 11.6 Å². The van der Waals surface area contributed by atoms with Crippen LogP contribution in [0.3, 0.4) is 0 Å². The Bertz CT molecular complexity index is 703. The summed E-state index contributed by atoms with van der Waals surface area (Å²) in [6, 6.07) is 7.28. The molecule has 1 aliphatic rings. The fraction of sp³-hybridized carbons (Fsp3) is 0.312. The van der Waals surface area contributed by atoms with Crippen LogP contribution in [0.2, 0.25) is 0 Å². The number of urea groups is 1. The molecule has 0 saturated carbocycles. The highest BCUT2D eigenvalue weighted by Gasteiger charge is 2.15. The smallest absolute Gasteiger partial charge is 0.322 e. The summed E-state index contributed by atoms with van der Waals surface area (Å²) >= 11 is 0. The highest BCUT2D eigenvalue weighted by Crippen LogP contribution is 2.20. The first-order valence-electron chi connectivity index (χ1n) is 7.24. The summed E-state index contributed by atoms with van der Waals surface area (Å²) in [5.74, 6) is 1.01. The molecule has 1 aromatic carbocycles. The van der Waals surface area contributed by atoms with Crippen LogP contribution in [0.1, 0.15) is 19.2 Å². The monoisotopic (exact) mass is 298 g/mol. The standard InChI is InChI=1S/C16H18N4O2/c1-11-7-9-20(10-8-11)16(21)17-14-5-3-13(4-6-14)15-19-18-12(2)22-15/h3-7H,8-10H2,1-2H3,(H,17,21). The van der Waals surface area contributed by atoms with Gasteiger partial charge in [0.25, 0.3) is 0 Å². The van der Waals surface area contributed by atoms with Crippen molar-refractivity contribution in [2.24, 2.45) is 0 Å². The van der Waals surface area contributed by atoms with Crippen molar-refractivity contribution in [1.29, 1.82) is 0 Å². The third-order valence-corrected chi connectivity index (χ3v) is 3.63. The number of amides is 2. The third kappa shape index (κ3) is 3.16. The topological polar surface area (TPSA) is 71.3 Å². The lowest BCUT2D eigenvalue weighted by atomic mass is 10.1. The van der Waals surface area contributed by atoms with Crippen molar-refractivity contribution in [3.8, 4) is 11.5 Å². The van der Waals surface area contributed by atoms with E-state index in [-0.39, 0.29) is 6.03 Å². The van der Waals surface area contributed by atoms with Crippen molar-refractivity contribution in [3.63, 3.8) is 0 Å². The molecule has 1 aliphatic heterocycles. The maximum Gasteiger partial charge on any atom is 0.322 e. The minimum absolute atomic E-state index is 0.0786. The zero-order chi connectivity index (χ0) is 15.5. The van der Waals surface area contributed by atoms with Crippen molar-refractivity contribution >= 4 is 11.7 Å². The van der Waals surface area contributed by atoms with Crippen LogP contribution in [0.5, 0.6) is 0 Å². The second-order valence-electron chi connectivity index (χ2n) is 5.38. The molecule has 114 valence electrons. The number of anilines is 1. The molecule has 6 nitrogen and oxygen atoms in total. The van der Waals surface area contributed by atoms with Gasteiger partial charge < -0.3 is 14.6 Å². The van der Waals surface area contributed by atoms with Crippen LogP contribution in [-0.2, 0) is 0 Å². The summed E-state index contributed by atoms with van der Waals surface area (Å²) in [6.07, 6.45) is 3.02. The van der Waals surface area contributed by atoms with Gasteiger partial charge in [0.05, 0.1) is 0 Å². The number of nitrogens with zero attached hydrogens (tertiary/aromatic N) is 3. The summed E-state index contributed by atoms with van der Waals surface area (Å²) in [5.41, 5.74) is 2.91. The molecule has 1 N–H and O–H groups in total. The van der Waals surface area contributed by atoms with Crippen molar-refractivity contribution in [1.82, 2.24) is 15.1 Å². The van der Waals surface area contributed by atoms with Gasteiger partial charge in [-0.3, -0.25) is 0 Å². The Morgan fingerprint density at radius 2 is 2.00 bits per heavy atom. The summed E-state index contributed by atoms with van der Waals surface area (Å²) in [7, 11) is 0. The Morgan fingerprint density at radius 1 is 1.23 bits per heavy atom. The summed E-state index contributed by atoms with van der Waals surface area (Å²) < 4.78 is 5.37. The van der Waals surface area contributed by atoms with Gasteiger partial charge in [0, 0.05) is 31.3 Å².